The third kappa shape index (κ3) is 43.2. The molecule has 1 rings (SSSR count). The van der Waals surface area contributed by atoms with Crippen LogP contribution in [-0.2, 0) is 23.8 Å². The number of nitrogens with one attached hydrogen (secondary N) is 1. The molecule has 79 heavy (non-hydrogen) atoms. The number of carbonyl (C=O) groups excluding carboxylic acids is 2. The molecule has 0 aromatic rings. The second-order valence-electron chi connectivity index (χ2n) is 22.2. The quantitative estimate of drug-likeness (QED) is 0.0149. The molecule has 1 fully saturated rings. The normalized spacial score (nSPS) is 19.4. The number of esters is 1. The SMILES string of the molecule is CC/C=C/C=C/C=C/CCCCCCCCC(O)C(=O)NC(COC1OC(CO)C(O)C(O)C1OC(=O)CCCCCCCCCCCC/C=C\C/C=C\C/C=C\CCCCC)C(O)/C=C/CCCCCCCCCCCCC. The minimum absolute atomic E-state index is 0.114. The van der Waals surface area contributed by atoms with Crippen molar-refractivity contribution >= 4 is 11.9 Å². The van der Waals surface area contributed by atoms with E-state index in [9.17, 15) is 35.1 Å². The highest BCUT2D eigenvalue weighted by Crippen LogP contribution is 2.26. The number of hydrogen-bond acceptors (Lipinski definition) is 10. The van der Waals surface area contributed by atoms with Crippen molar-refractivity contribution in [1.82, 2.24) is 5.32 Å². The van der Waals surface area contributed by atoms with Crippen molar-refractivity contribution in [3.8, 4) is 0 Å². The fourth-order valence-corrected chi connectivity index (χ4v) is 9.72. The maximum Gasteiger partial charge on any atom is 0.306 e. The smallest absolute Gasteiger partial charge is 0.306 e. The van der Waals surface area contributed by atoms with Gasteiger partial charge in [-0.05, 0) is 83.5 Å². The summed E-state index contributed by atoms with van der Waals surface area (Å²) in [5.41, 5.74) is 0. The van der Waals surface area contributed by atoms with Crippen LogP contribution in [0.25, 0.3) is 0 Å². The number of ether oxygens (including phenoxy) is 3. The Kier molecular flexibility index (Phi) is 51.8. The Hall–Kier alpha value is -3.16. The Morgan fingerprint density at radius 1 is 0.519 bits per heavy atom. The van der Waals surface area contributed by atoms with Gasteiger partial charge in [-0.25, -0.2) is 0 Å². The molecule has 1 amide bonds. The predicted octanol–water partition coefficient (Wildman–Crippen LogP) is 15.7. The van der Waals surface area contributed by atoms with E-state index in [1.165, 1.54) is 122 Å². The summed E-state index contributed by atoms with van der Waals surface area (Å²) < 4.78 is 17.6. The van der Waals surface area contributed by atoms with E-state index in [0.29, 0.717) is 12.8 Å². The Morgan fingerprint density at radius 2 is 0.962 bits per heavy atom. The van der Waals surface area contributed by atoms with E-state index in [4.69, 9.17) is 14.2 Å². The first-order valence-corrected chi connectivity index (χ1v) is 32.4. The van der Waals surface area contributed by atoms with E-state index >= 15 is 0 Å². The summed E-state index contributed by atoms with van der Waals surface area (Å²) in [6.07, 6.45) is 61.9. The molecule has 0 aliphatic carbocycles. The molecular weight excluding hydrogens is 991 g/mol. The zero-order chi connectivity index (χ0) is 57.5. The molecule has 1 aliphatic rings. The third-order valence-corrected chi connectivity index (χ3v) is 14.8. The van der Waals surface area contributed by atoms with Gasteiger partial charge in [-0.2, -0.15) is 0 Å². The van der Waals surface area contributed by atoms with Crippen LogP contribution in [0.5, 0.6) is 0 Å². The minimum atomic E-state index is -1.62. The molecule has 11 nitrogen and oxygen atoms in total. The molecule has 0 radical (unpaired) electrons. The summed E-state index contributed by atoms with van der Waals surface area (Å²) in [7, 11) is 0. The van der Waals surface area contributed by atoms with Crippen LogP contribution in [0.15, 0.2) is 85.1 Å². The van der Waals surface area contributed by atoms with Gasteiger partial charge in [0, 0.05) is 6.42 Å². The summed E-state index contributed by atoms with van der Waals surface area (Å²) in [6, 6.07) is -1.03. The lowest BCUT2D eigenvalue weighted by molar-refractivity contribution is -0.305. The average Bonchev–Trinajstić information content (AvgIpc) is 3.49. The lowest BCUT2D eigenvalue weighted by atomic mass is 9.99. The molecule has 0 aromatic carbocycles. The highest BCUT2D eigenvalue weighted by molar-refractivity contribution is 5.80. The van der Waals surface area contributed by atoms with E-state index in [-0.39, 0.29) is 19.4 Å². The Morgan fingerprint density at radius 3 is 1.49 bits per heavy atom. The van der Waals surface area contributed by atoms with Crippen molar-refractivity contribution < 1.29 is 49.3 Å². The van der Waals surface area contributed by atoms with Crippen LogP contribution in [0.1, 0.15) is 271 Å². The largest absolute Gasteiger partial charge is 0.454 e. The van der Waals surface area contributed by atoms with Crippen molar-refractivity contribution in [3.63, 3.8) is 0 Å². The number of rotatable bonds is 54. The molecule has 1 heterocycles. The van der Waals surface area contributed by atoms with Gasteiger partial charge < -0.3 is 45.1 Å². The van der Waals surface area contributed by atoms with Crippen LogP contribution in [0.3, 0.4) is 0 Å². The molecule has 0 bridgehead atoms. The van der Waals surface area contributed by atoms with Gasteiger partial charge in [0.25, 0.3) is 0 Å². The topological polar surface area (TPSA) is 175 Å². The maximum absolute atomic E-state index is 13.4. The van der Waals surface area contributed by atoms with Crippen molar-refractivity contribution in [1.29, 1.82) is 0 Å². The van der Waals surface area contributed by atoms with Crippen LogP contribution < -0.4 is 5.32 Å². The van der Waals surface area contributed by atoms with E-state index < -0.39 is 67.4 Å². The number of unbranched alkanes of at least 4 members (excludes halogenated alkanes) is 30. The van der Waals surface area contributed by atoms with Crippen molar-refractivity contribution in [2.24, 2.45) is 0 Å². The highest BCUT2D eigenvalue weighted by atomic mass is 16.7. The lowest BCUT2D eigenvalue weighted by Crippen LogP contribution is -2.61. The second-order valence-corrected chi connectivity index (χ2v) is 22.2. The van der Waals surface area contributed by atoms with Crippen molar-refractivity contribution in [2.75, 3.05) is 13.2 Å². The van der Waals surface area contributed by atoms with Gasteiger partial charge in [0.1, 0.15) is 24.4 Å². The number of amides is 1. The van der Waals surface area contributed by atoms with E-state index in [0.717, 1.165) is 103 Å². The molecule has 6 N–H and O–H groups in total. The highest BCUT2D eigenvalue weighted by Gasteiger charge is 2.47. The number of aliphatic hydroxyl groups excluding tert-OH is 5. The van der Waals surface area contributed by atoms with Crippen LogP contribution in [0.2, 0.25) is 0 Å². The molecular formula is C68H119NO10. The lowest BCUT2D eigenvalue weighted by Gasteiger charge is -2.41. The van der Waals surface area contributed by atoms with Crippen LogP contribution in [0.4, 0.5) is 0 Å². The third-order valence-electron chi connectivity index (χ3n) is 14.8. The summed E-state index contributed by atoms with van der Waals surface area (Å²) >= 11 is 0. The van der Waals surface area contributed by atoms with E-state index in [1.807, 2.05) is 18.2 Å². The van der Waals surface area contributed by atoms with Gasteiger partial charge in [-0.15, -0.1) is 0 Å². The molecule has 0 saturated carbocycles. The Bertz CT molecular complexity index is 1610. The zero-order valence-corrected chi connectivity index (χ0v) is 50.5. The summed E-state index contributed by atoms with van der Waals surface area (Å²) in [5.74, 6) is -1.21. The van der Waals surface area contributed by atoms with E-state index in [2.05, 4.69) is 86.8 Å². The molecule has 1 aliphatic heterocycles. The monoisotopic (exact) mass is 1110 g/mol. The van der Waals surface area contributed by atoms with Gasteiger partial charge >= 0.3 is 5.97 Å². The van der Waals surface area contributed by atoms with Crippen LogP contribution in [-0.4, -0.2) is 99.6 Å². The van der Waals surface area contributed by atoms with Gasteiger partial charge in [0.15, 0.2) is 12.4 Å². The summed E-state index contributed by atoms with van der Waals surface area (Å²) in [6.45, 7) is 5.63. The fraction of sp³-hybridized carbons (Fsp3) is 0.765. The van der Waals surface area contributed by atoms with Gasteiger partial charge in [-0.3, -0.25) is 9.59 Å². The molecule has 0 aromatic heterocycles. The number of allylic oxidation sites excluding steroid dienone is 13. The molecule has 456 valence electrons. The van der Waals surface area contributed by atoms with Crippen LogP contribution >= 0.6 is 0 Å². The molecule has 11 heteroatoms. The molecule has 8 unspecified atom stereocenters. The number of carbonyl (C=O) groups is 2. The molecule has 1 saturated heterocycles. The first-order chi connectivity index (χ1) is 38.7. The number of aliphatic hydroxyl groups is 5. The molecule has 8 atom stereocenters. The van der Waals surface area contributed by atoms with Gasteiger partial charge in [0.2, 0.25) is 5.91 Å². The maximum atomic E-state index is 13.4. The Labute approximate surface area is 483 Å². The van der Waals surface area contributed by atoms with Gasteiger partial charge in [-0.1, -0.05) is 266 Å². The first kappa shape index (κ1) is 73.9. The standard InChI is InChI=1S/C68H119NO10/c1-4-7-10-13-16-19-22-25-27-28-29-30-31-32-33-34-35-38-41-44-47-50-53-56-63(73)79-66-65(75)64(74)62(57-70)78-68(66)77-58-59(60(71)54-51-48-45-42-39-36-24-21-18-15-12-9-6-3)69-67(76)61(72)55-52-49-46-43-40-37-26-23-20-17-14-11-8-5-2/h8,11,14,16-17,19-20,23,25,27,29-30,51,54,59-62,64-66,68,70-72,74-75H,4-7,9-10,12-13,15,18,21-22,24,26,28,31-50,52-53,55-58H2,1-3H3,(H,69,76)/b11-8+,17-14+,19-16-,23-20+,27-25-,30-29-,54-51+. The van der Waals surface area contributed by atoms with Gasteiger partial charge in [0.05, 0.1) is 25.4 Å². The predicted molar refractivity (Wildman–Crippen MR) is 329 cm³/mol. The first-order valence-electron chi connectivity index (χ1n) is 32.4. The second kappa shape index (κ2) is 55.4. The Balaban J connectivity index is 2.64. The van der Waals surface area contributed by atoms with E-state index in [1.54, 1.807) is 6.08 Å². The zero-order valence-electron chi connectivity index (χ0n) is 50.5. The van der Waals surface area contributed by atoms with Crippen molar-refractivity contribution in [2.45, 2.75) is 320 Å². The average molecular weight is 1110 g/mol. The fourth-order valence-electron chi connectivity index (χ4n) is 9.72. The summed E-state index contributed by atoms with van der Waals surface area (Å²) in [4.78, 5) is 26.6. The minimum Gasteiger partial charge on any atom is -0.454 e. The molecule has 0 spiro atoms. The van der Waals surface area contributed by atoms with Crippen molar-refractivity contribution in [3.05, 3.63) is 85.1 Å². The van der Waals surface area contributed by atoms with Crippen LogP contribution in [0, 0.1) is 0 Å². The number of hydrogen-bond donors (Lipinski definition) is 6. The summed E-state index contributed by atoms with van der Waals surface area (Å²) in [5, 5.41) is 57.0.